The lowest BCUT2D eigenvalue weighted by Gasteiger charge is -2.31. The van der Waals surface area contributed by atoms with Gasteiger partial charge in [-0.05, 0) is 26.3 Å². The second kappa shape index (κ2) is 4.65. The molecule has 1 aliphatic rings. The Hall–Kier alpha value is -1.36. The summed E-state index contributed by atoms with van der Waals surface area (Å²) in [6, 6.07) is 0.255. The Kier molecular flexibility index (Phi) is 3.24. The first-order chi connectivity index (χ1) is 7.70. The molecule has 5 nitrogen and oxygen atoms in total. The number of aryl methyl sites for hydroxylation is 1. The highest BCUT2D eigenvalue weighted by molar-refractivity contribution is 5.92. The maximum absolute atomic E-state index is 12.1. The third kappa shape index (κ3) is 2.09. The molecule has 2 rings (SSSR count). The summed E-state index contributed by atoms with van der Waals surface area (Å²) in [7, 11) is 1.82. The van der Waals surface area contributed by atoms with Gasteiger partial charge in [0.2, 0.25) is 5.76 Å². The van der Waals surface area contributed by atoms with Crippen molar-refractivity contribution >= 4 is 5.91 Å². The number of amides is 1. The smallest absolute Gasteiger partial charge is 0.291 e. The maximum Gasteiger partial charge on any atom is 0.291 e. The van der Waals surface area contributed by atoms with Crippen molar-refractivity contribution in [3.05, 3.63) is 17.8 Å². The van der Waals surface area contributed by atoms with Gasteiger partial charge in [-0.2, -0.15) is 0 Å². The zero-order valence-corrected chi connectivity index (χ0v) is 9.69. The quantitative estimate of drug-likeness (QED) is 0.806. The molecular formula is C11H17N3O2. The summed E-state index contributed by atoms with van der Waals surface area (Å²) in [6.07, 6.45) is 3.47. The van der Waals surface area contributed by atoms with Gasteiger partial charge in [-0.15, -0.1) is 0 Å². The van der Waals surface area contributed by atoms with Crippen LogP contribution in [0, 0.1) is 6.92 Å². The molecule has 1 aromatic rings. The normalized spacial score (nSPS) is 20.8. The lowest BCUT2D eigenvalue weighted by Crippen LogP contribution is -2.46. The predicted octanol–water partition coefficient (Wildman–Crippen LogP) is 0.807. The molecule has 88 valence electrons. The van der Waals surface area contributed by atoms with Gasteiger partial charge in [-0.1, -0.05) is 0 Å². The summed E-state index contributed by atoms with van der Waals surface area (Å²) in [6.45, 7) is 3.68. The van der Waals surface area contributed by atoms with Gasteiger partial charge in [0.05, 0.1) is 5.69 Å². The third-order valence-corrected chi connectivity index (χ3v) is 3.08. The van der Waals surface area contributed by atoms with Gasteiger partial charge in [0.15, 0.2) is 6.39 Å². The van der Waals surface area contributed by atoms with Crippen LogP contribution in [0.3, 0.4) is 0 Å². The number of likely N-dealkylation sites (N-methyl/N-ethyl adjacent to an activating group) is 1. The molecule has 0 bridgehead atoms. The van der Waals surface area contributed by atoms with E-state index < -0.39 is 0 Å². The van der Waals surface area contributed by atoms with Crippen molar-refractivity contribution in [1.29, 1.82) is 0 Å². The minimum atomic E-state index is -0.0799. The van der Waals surface area contributed by atoms with Crippen LogP contribution in [0.2, 0.25) is 0 Å². The van der Waals surface area contributed by atoms with Crippen LogP contribution in [0.25, 0.3) is 0 Å². The van der Waals surface area contributed by atoms with Crippen molar-refractivity contribution in [2.45, 2.75) is 25.8 Å². The number of hydrogen-bond acceptors (Lipinski definition) is 4. The molecule has 1 atom stereocenters. The Morgan fingerprint density at radius 3 is 3.06 bits per heavy atom. The minimum Gasteiger partial charge on any atom is -0.438 e. The molecule has 0 aliphatic carbocycles. The number of rotatable bonds is 2. The molecule has 16 heavy (non-hydrogen) atoms. The lowest BCUT2D eigenvalue weighted by molar-refractivity contribution is 0.0675. The second-order valence-corrected chi connectivity index (χ2v) is 4.18. The highest BCUT2D eigenvalue weighted by atomic mass is 16.3. The van der Waals surface area contributed by atoms with E-state index in [1.165, 1.54) is 6.39 Å². The fourth-order valence-corrected chi connectivity index (χ4v) is 2.00. The van der Waals surface area contributed by atoms with Crippen LogP contribution in [0.1, 0.15) is 29.1 Å². The van der Waals surface area contributed by atoms with Crippen LogP contribution >= 0.6 is 0 Å². The van der Waals surface area contributed by atoms with Gasteiger partial charge < -0.3 is 14.6 Å². The van der Waals surface area contributed by atoms with Crippen molar-refractivity contribution in [2.75, 3.05) is 20.1 Å². The number of nitrogens with zero attached hydrogens (tertiary/aromatic N) is 2. The van der Waals surface area contributed by atoms with Gasteiger partial charge >= 0.3 is 0 Å². The first-order valence-corrected chi connectivity index (χ1v) is 5.58. The molecule has 0 radical (unpaired) electrons. The van der Waals surface area contributed by atoms with E-state index in [2.05, 4.69) is 10.3 Å². The van der Waals surface area contributed by atoms with Gasteiger partial charge in [0, 0.05) is 19.6 Å². The van der Waals surface area contributed by atoms with Crippen LogP contribution in [-0.2, 0) is 0 Å². The van der Waals surface area contributed by atoms with Crippen molar-refractivity contribution in [3.63, 3.8) is 0 Å². The topological polar surface area (TPSA) is 58.4 Å². The SMILES string of the molecule is Cc1ncoc1C(=O)N(C)C1CCCNC1. The number of aromatic nitrogens is 1. The molecule has 1 unspecified atom stereocenters. The number of hydrogen-bond donors (Lipinski definition) is 1. The zero-order chi connectivity index (χ0) is 11.5. The molecule has 1 aliphatic heterocycles. The summed E-state index contributed by atoms with van der Waals surface area (Å²) in [5.74, 6) is 0.275. The van der Waals surface area contributed by atoms with Crippen LogP contribution in [0.15, 0.2) is 10.8 Å². The Morgan fingerprint density at radius 2 is 2.50 bits per heavy atom. The molecule has 0 spiro atoms. The first kappa shape index (κ1) is 11.1. The van der Waals surface area contributed by atoms with Gasteiger partial charge in [-0.3, -0.25) is 4.79 Å². The fraction of sp³-hybridized carbons (Fsp3) is 0.636. The lowest BCUT2D eigenvalue weighted by atomic mass is 10.1. The zero-order valence-electron chi connectivity index (χ0n) is 9.69. The molecule has 1 saturated heterocycles. The number of carbonyl (C=O) groups excluding carboxylic acids is 1. The Balaban J connectivity index is 2.06. The molecule has 2 heterocycles. The molecule has 1 amide bonds. The van der Waals surface area contributed by atoms with Gasteiger partial charge in [0.1, 0.15) is 0 Å². The van der Waals surface area contributed by atoms with E-state index in [9.17, 15) is 4.79 Å². The standard InChI is InChI=1S/C11H17N3O2/c1-8-10(16-7-13-8)11(15)14(2)9-4-3-5-12-6-9/h7,9,12H,3-6H2,1-2H3. The molecule has 0 aromatic carbocycles. The molecule has 1 fully saturated rings. The minimum absolute atomic E-state index is 0.0799. The van der Waals surface area contributed by atoms with E-state index in [-0.39, 0.29) is 11.9 Å². The van der Waals surface area contributed by atoms with Gasteiger partial charge in [0.25, 0.3) is 5.91 Å². The van der Waals surface area contributed by atoms with Crippen molar-refractivity contribution in [3.8, 4) is 0 Å². The summed E-state index contributed by atoms with van der Waals surface area (Å²) in [5.41, 5.74) is 0.653. The number of piperidine rings is 1. The fourth-order valence-electron chi connectivity index (χ4n) is 2.00. The van der Waals surface area contributed by atoms with Crippen LogP contribution in [-0.4, -0.2) is 42.0 Å². The van der Waals surface area contributed by atoms with Crippen molar-refractivity contribution in [2.24, 2.45) is 0 Å². The summed E-state index contributed by atoms with van der Waals surface area (Å²) < 4.78 is 5.12. The molecule has 0 saturated carbocycles. The number of oxazole rings is 1. The summed E-state index contributed by atoms with van der Waals surface area (Å²) in [4.78, 5) is 17.8. The summed E-state index contributed by atoms with van der Waals surface area (Å²) >= 11 is 0. The van der Waals surface area contributed by atoms with E-state index in [0.29, 0.717) is 11.5 Å². The summed E-state index contributed by atoms with van der Waals surface area (Å²) in [5, 5.41) is 3.29. The monoisotopic (exact) mass is 223 g/mol. The average Bonchev–Trinajstić information content (AvgIpc) is 2.75. The number of carbonyl (C=O) groups is 1. The van der Waals surface area contributed by atoms with E-state index in [1.807, 2.05) is 7.05 Å². The van der Waals surface area contributed by atoms with Crippen LogP contribution in [0.5, 0.6) is 0 Å². The van der Waals surface area contributed by atoms with E-state index >= 15 is 0 Å². The van der Waals surface area contributed by atoms with Crippen LogP contribution < -0.4 is 5.32 Å². The first-order valence-electron chi connectivity index (χ1n) is 5.58. The number of nitrogens with one attached hydrogen (secondary N) is 1. The maximum atomic E-state index is 12.1. The molecule has 1 aromatic heterocycles. The molecule has 5 heteroatoms. The molecule has 1 N–H and O–H groups in total. The molecular weight excluding hydrogens is 206 g/mol. The predicted molar refractivity (Wildman–Crippen MR) is 59.2 cm³/mol. The highest BCUT2D eigenvalue weighted by Crippen LogP contribution is 2.14. The largest absolute Gasteiger partial charge is 0.438 e. The van der Waals surface area contributed by atoms with Crippen LogP contribution in [0.4, 0.5) is 0 Å². The van der Waals surface area contributed by atoms with Gasteiger partial charge in [-0.25, -0.2) is 4.98 Å². The Labute approximate surface area is 94.8 Å². The second-order valence-electron chi connectivity index (χ2n) is 4.18. The Bertz CT molecular complexity index is 369. The highest BCUT2D eigenvalue weighted by Gasteiger charge is 2.25. The Morgan fingerprint density at radius 1 is 1.69 bits per heavy atom. The van der Waals surface area contributed by atoms with E-state index in [1.54, 1.807) is 11.8 Å². The average molecular weight is 223 g/mol. The van der Waals surface area contributed by atoms with E-state index in [4.69, 9.17) is 4.42 Å². The van der Waals surface area contributed by atoms with Crippen molar-refractivity contribution in [1.82, 2.24) is 15.2 Å². The van der Waals surface area contributed by atoms with Crippen molar-refractivity contribution < 1.29 is 9.21 Å². The third-order valence-electron chi connectivity index (χ3n) is 3.08. The van der Waals surface area contributed by atoms with E-state index in [0.717, 1.165) is 25.9 Å².